The Morgan fingerprint density at radius 3 is 2.39 bits per heavy atom. The van der Waals surface area contributed by atoms with Crippen molar-refractivity contribution in [3.63, 3.8) is 0 Å². The molecule has 0 bridgehead atoms. The number of carbonyl (C=O) groups is 1. The lowest BCUT2D eigenvalue weighted by Gasteiger charge is -2.28. The third kappa shape index (κ3) is 5.85. The van der Waals surface area contributed by atoms with Crippen molar-refractivity contribution in [3.05, 3.63) is 0 Å². The van der Waals surface area contributed by atoms with Gasteiger partial charge in [-0.3, -0.25) is 4.79 Å². The van der Waals surface area contributed by atoms with E-state index in [9.17, 15) is 4.79 Å². The van der Waals surface area contributed by atoms with E-state index in [4.69, 9.17) is 5.11 Å². The summed E-state index contributed by atoms with van der Waals surface area (Å²) in [5.74, 6) is 0.636. The van der Waals surface area contributed by atoms with Crippen LogP contribution in [0.1, 0.15) is 52.4 Å². The van der Waals surface area contributed by atoms with Gasteiger partial charge in [0.1, 0.15) is 0 Å². The minimum atomic E-state index is -0.693. The van der Waals surface area contributed by atoms with Gasteiger partial charge in [-0.2, -0.15) is 0 Å². The highest BCUT2D eigenvalue weighted by molar-refractivity contribution is 5.69. The maximum Gasteiger partial charge on any atom is 0.307 e. The summed E-state index contributed by atoms with van der Waals surface area (Å²) in [5.41, 5.74) is 0. The predicted molar refractivity (Wildman–Crippen MR) is 74.7 cm³/mol. The lowest BCUT2D eigenvalue weighted by atomic mass is 9.83. The number of rotatable bonds is 7. The first-order valence-electron chi connectivity index (χ1n) is 7.40. The third-order valence-corrected chi connectivity index (χ3v) is 4.09. The lowest BCUT2D eigenvalue weighted by Crippen LogP contribution is -2.32. The van der Waals surface area contributed by atoms with Crippen LogP contribution in [0.3, 0.4) is 0 Å². The van der Waals surface area contributed by atoms with Gasteiger partial charge in [-0.05, 0) is 25.3 Å². The van der Waals surface area contributed by atoms with E-state index in [2.05, 4.69) is 11.8 Å². The Balaban J connectivity index is 2.21. The molecule has 0 amide bonds. The normalized spacial score (nSPS) is 20.9. The second kappa shape index (κ2) is 7.78. The summed E-state index contributed by atoms with van der Waals surface area (Å²) >= 11 is 0. The molecular formula is C15H29NO2. The Morgan fingerprint density at radius 2 is 1.83 bits per heavy atom. The van der Waals surface area contributed by atoms with E-state index in [1.54, 1.807) is 6.92 Å². The van der Waals surface area contributed by atoms with Crippen LogP contribution in [0.15, 0.2) is 0 Å². The van der Waals surface area contributed by atoms with Gasteiger partial charge in [0.2, 0.25) is 0 Å². The molecule has 1 rings (SSSR count). The molecule has 0 aliphatic heterocycles. The number of nitrogens with zero attached hydrogens (tertiary/aromatic N) is 1. The lowest BCUT2D eigenvalue weighted by molar-refractivity contribution is -0.141. The topological polar surface area (TPSA) is 40.5 Å². The summed E-state index contributed by atoms with van der Waals surface area (Å²) in [5, 5.41) is 8.90. The summed E-state index contributed by atoms with van der Waals surface area (Å²) in [7, 11) is 2.04. The average Bonchev–Trinajstić information content (AvgIpc) is 2.29. The van der Waals surface area contributed by atoms with Crippen molar-refractivity contribution >= 4 is 5.97 Å². The maximum absolute atomic E-state index is 10.8. The number of aliphatic carboxylic acids is 1. The molecule has 1 aliphatic carbocycles. The molecule has 1 aliphatic rings. The molecular weight excluding hydrogens is 226 g/mol. The van der Waals surface area contributed by atoms with E-state index in [-0.39, 0.29) is 5.92 Å². The van der Waals surface area contributed by atoms with Crippen molar-refractivity contribution in [3.8, 4) is 0 Å². The molecule has 0 aromatic rings. The molecule has 106 valence electrons. The standard InChI is InChI=1S/C15H29NO2/c1-12(9-14-7-5-4-6-8-14)10-16(3)11-13(2)15(17)18/h12-14H,4-11H2,1-3H3,(H,17,18). The molecule has 0 aromatic carbocycles. The fourth-order valence-electron chi connectivity index (χ4n) is 3.22. The van der Waals surface area contributed by atoms with Gasteiger partial charge < -0.3 is 10.0 Å². The first-order valence-corrected chi connectivity index (χ1v) is 7.40. The highest BCUT2D eigenvalue weighted by Crippen LogP contribution is 2.29. The Kier molecular flexibility index (Phi) is 6.69. The molecule has 2 atom stereocenters. The first kappa shape index (κ1) is 15.5. The van der Waals surface area contributed by atoms with Crippen LogP contribution < -0.4 is 0 Å². The summed E-state index contributed by atoms with van der Waals surface area (Å²) < 4.78 is 0. The Hall–Kier alpha value is -0.570. The number of carboxylic acids is 1. The quantitative estimate of drug-likeness (QED) is 0.759. The van der Waals surface area contributed by atoms with E-state index >= 15 is 0 Å². The molecule has 1 N–H and O–H groups in total. The van der Waals surface area contributed by atoms with Crippen LogP contribution >= 0.6 is 0 Å². The molecule has 0 aromatic heterocycles. The van der Waals surface area contributed by atoms with Crippen LogP contribution in [-0.2, 0) is 4.79 Å². The number of hydrogen-bond donors (Lipinski definition) is 1. The van der Waals surface area contributed by atoms with Crippen LogP contribution in [0.25, 0.3) is 0 Å². The smallest absolute Gasteiger partial charge is 0.307 e. The summed E-state index contributed by atoms with van der Waals surface area (Å²) in [6, 6.07) is 0. The van der Waals surface area contributed by atoms with E-state index in [0.717, 1.165) is 12.5 Å². The molecule has 0 saturated heterocycles. The van der Waals surface area contributed by atoms with Gasteiger partial charge in [-0.15, -0.1) is 0 Å². The molecule has 3 nitrogen and oxygen atoms in total. The van der Waals surface area contributed by atoms with Crippen LogP contribution in [0.2, 0.25) is 0 Å². The van der Waals surface area contributed by atoms with Crippen LogP contribution in [0, 0.1) is 17.8 Å². The van der Waals surface area contributed by atoms with Crippen molar-refractivity contribution in [2.75, 3.05) is 20.1 Å². The molecule has 18 heavy (non-hydrogen) atoms. The Bertz CT molecular complexity index is 249. The number of carboxylic acid groups (broad SMARTS) is 1. The zero-order chi connectivity index (χ0) is 13.5. The van der Waals surface area contributed by atoms with Crippen molar-refractivity contribution in [2.24, 2.45) is 17.8 Å². The highest BCUT2D eigenvalue weighted by atomic mass is 16.4. The SMILES string of the molecule is CC(CC1CCCCC1)CN(C)CC(C)C(=O)O. The zero-order valence-electron chi connectivity index (χ0n) is 12.2. The minimum Gasteiger partial charge on any atom is -0.481 e. The fourth-order valence-corrected chi connectivity index (χ4v) is 3.22. The van der Waals surface area contributed by atoms with Crippen molar-refractivity contribution in [1.82, 2.24) is 4.90 Å². The van der Waals surface area contributed by atoms with Gasteiger partial charge in [0, 0.05) is 13.1 Å². The van der Waals surface area contributed by atoms with Gasteiger partial charge in [0.05, 0.1) is 5.92 Å². The van der Waals surface area contributed by atoms with Gasteiger partial charge in [0.15, 0.2) is 0 Å². The first-order chi connectivity index (χ1) is 8.49. The Labute approximate surface area is 112 Å². The van der Waals surface area contributed by atoms with E-state index in [1.807, 2.05) is 7.05 Å². The monoisotopic (exact) mass is 255 g/mol. The maximum atomic E-state index is 10.8. The summed E-state index contributed by atoms with van der Waals surface area (Å²) in [4.78, 5) is 13.0. The van der Waals surface area contributed by atoms with Gasteiger partial charge in [-0.1, -0.05) is 46.0 Å². The molecule has 0 radical (unpaired) electrons. The van der Waals surface area contributed by atoms with E-state index in [1.165, 1.54) is 38.5 Å². The summed E-state index contributed by atoms with van der Waals surface area (Å²) in [6.45, 7) is 5.76. The molecule has 0 heterocycles. The fraction of sp³-hybridized carbons (Fsp3) is 0.933. The molecule has 2 unspecified atom stereocenters. The van der Waals surface area contributed by atoms with Gasteiger partial charge in [-0.25, -0.2) is 0 Å². The number of hydrogen-bond acceptors (Lipinski definition) is 2. The summed E-state index contributed by atoms with van der Waals surface area (Å²) in [6.07, 6.45) is 8.35. The van der Waals surface area contributed by atoms with Crippen LogP contribution in [-0.4, -0.2) is 36.1 Å². The molecule has 1 fully saturated rings. The molecule has 0 spiro atoms. The van der Waals surface area contributed by atoms with Gasteiger partial charge in [0.25, 0.3) is 0 Å². The zero-order valence-corrected chi connectivity index (χ0v) is 12.2. The van der Waals surface area contributed by atoms with Gasteiger partial charge >= 0.3 is 5.97 Å². The molecule has 3 heteroatoms. The van der Waals surface area contributed by atoms with Crippen LogP contribution in [0.5, 0.6) is 0 Å². The van der Waals surface area contributed by atoms with Crippen LogP contribution in [0.4, 0.5) is 0 Å². The minimum absolute atomic E-state index is 0.267. The highest BCUT2D eigenvalue weighted by Gasteiger charge is 2.19. The van der Waals surface area contributed by atoms with E-state index < -0.39 is 5.97 Å². The third-order valence-electron chi connectivity index (χ3n) is 4.09. The van der Waals surface area contributed by atoms with E-state index in [0.29, 0.717) is 12.5 Å². The van der Waals surface area contributed by atoms with Crippen molar-refractivity contribution < 1.29 is 9.90 Å². The second-order valence-corrected chi connectivity index (χ2v) is 6.31. The largest absolute Gasteiger partial charge is 0.481 e. The molecule has 1 saturated carbocycles. The predicted octanol–water partition coefficient (Wildman–Crippen LogP) is 3.25. The Morgan fingerprint density at radius 1 is 1.22 bits per heavy atom. The van der Waals surface area contributed by atoms with Crippen molar-refractivity contribution in [2.45, 2.75) is 52.4 Å². The van der Waals surface area contributed by atoms with Crippen molar-refractivity contribution in [1.29, 1.82) is 0 Å². The average molecular weight is 255 g/mol. The second-order valence-electron chi connectivity index (χ2n) is 6.31.